The smallest absolute Gasteiger partial charge is 0.350 e. The third-order valence-electron chi connectivity index (χ3n) is 3.80. The van der Waals surface area contributed by atoms with Gasteiger partial charge in [0.1, 0.15) is 9.71 Å². The predicted molar refractivity (Wildman–Crippen MR) is 111 cm³/mol. The molecule has 0 aliphatic carbocycles. The molecular weight excluding hydrogens is 386 g/mol. The zero-order valence-corrected chi connectivity index (χ0v) is 17.2. The number of hydrogen-bond donors (Lipinski definition) is 1. The number of anilines is 1. The first kappa shape index (κ1) is 19.1. The lowest BCUT2D eigenvalue weighted by molar-refractivity contribution is 0.0533. The van der Waals surface area contributed by atoms with Crippen molar-refractivity contribution in [1.82, 2.24) is 9.97 Å². The normalized spacial score (nSPS) is 11.2. The van der Waals surface area contributed by atoms with Crippen molar-refractivity contribution in [2.24, 2.45) is 0 Å². The third kappa shape index (κ3) is 4.02. The summed E-state index contributed by atoms with van der Waals surface area (Å²) >= 11 is 4.54. The number of fused-ring (bicyclic) bond motifs is 1. The van der Waals surface area contributed by atoms with E-state index in [4.69, 9.17) is 15.5 Å². The van der Waals surface area contributed by atoms with Crippen molar-refractivity contribution in [3.05, 3.63) is 21.7 Å². The van der Waals surface area contributed by atoms with Crippen LogP contribution in [0, 0.1) is 0 Å². The van der Waals surface area contributed by atoms with Gasteiger partial charge in [0.2, 0.25) is 0 Å². The molecule has 0 fully saturated rings. The highest BCUT2D eigenvalue weighted by molar-refractivity contribution is 7.99. The molecule has 0 radical (unpaired) electrons. The molecule has 3 aromatic rings. The van der Waals surface area contributed by atoms with Crippen LogP contribution >= 0.6 is 34.4 Å². The molecule has 0 unspecified atom stereocenters. The van der Waals surface area contributed by atoms with E-state index in [0.717, 1.165) is 38.8 Å². The summed E-state index contributed by atoms with van der Waals surface area (Å²) in [6.07, 6.45) is 3.52. The molecule has 0 saturated carbocycles. The van der Waals surface area contributed by atoms with Crippen molar-refractivity contribution in [3.63, 3.8) is 0 Å². The zero-order valence-electron chi connectivity index (χ0n) is 14.8. The van der Waals surface area contributed by atoms with Gasteiger partial charge >= 0.3 is 5.97 Å². The first-order chi connectivity index (χ1) is 12.7. The minimum absolute atomic E-state index is 0.314. The van der Waals surface area contributed by atoms with E-state index in [2.05, 4.69) is 11.9 Å². The summed E-state index contributed by atoms with van der Waals surface area (Å²) in [5, 5.41) is 5.52. The van der Waals surface area contributed by atoms with E-state index in [0.29, 0.717) is 17.2 Å². The van der Waals surface area contributed by atoms with Crippen molar-refractivity contribution in [3.8, 4) is 11.3 Å². The summed E-state index contributed by atoms with van der Waals surface area (Å²) in [5.41, 5.74) is 8.49. The van der Waals surface area contributed by atoms with Crippen molar-refractivity contribution >= 4 is 56.3 Å². The Labute approximate surface area is 165 Å². The fourth-order valence-electron chi connectivity index (χ4n) is 2.54. The Morgan fingerprint density at radius 2 is 2.15 bits per heavy atom. The second kappa shape index (κ2) is 8.83. The van der Waals surface area contributed by atoms with Gasteiger partial charge in [-0.25, -0.2) is 14.8 Å². The van der Waals surface area contributed by atoms with Gasteiger partial charge in [0.15, 0.2) is 5.16 Å². The summed E-state index contributed by atoms with van der Waals surface area (Å²) in [5.74, 6) is 0.579. The number of carbonyl (C=O) groups is 1. The molecule has 3 rings (SSSR count). The van der Waals surface area contributed by atoms with Gasteiger partial charge in [-0.15, -0.1) is 11.3 Å². The maximum atomic E-state index is 12.2. The van der Waals surface area contributed by atoms with Crippen LogP contribution in [0.4, 0.5) is 5.69 Å². The SMILES string of the molecule is CCCCCSc1nc(-c2ccsc2)c2c(N)c(C(=O)OCC)sc2n1. The molecule has 26 heavy (non-hydrogen) atoms. The Morgan fingerprint density at radius 1 is 1.31 bits per heavy atom. The van der Waals surface area contributed by atoms with Gasteiger partial charge in [-0.3, -0.25) is 0 Å². The minimum atomic E-state index is -0.401. The van der Waals surface area contributed by atoms with Gasteiger partial charge in [-0.2, -0.15) is 11.3 Å². The molecular formula is C18H21N3O2S3. The molecule has 3 heterocycles. The molecule has 0 aliphatic rings. The Hall–Kier alpha value is -1.64. The van der Waals surface area contributed by atoms with Crippen LogP contribution < -0.4 is 5.73 Å². The number of thiophene rings is 2. The molecule has 3 aromatic heterocycles. The van der Waals surface area contributed by atoms with Gasteiger partial charge in [-0.05, 0) is 24.8 Å². The van der Waals surface area contributed by atoms with E-state index in [1.807, 2.05) is 16.8 Å². The van der Waals surface area contributed by atoms with Crippen LogP contribution in [-0.2, 0) is 4.74 Å². The Morgan fingerprint density at radius 3 is 2.85 bits per heavy atom. The summed E-state index contributed by atoms with van der Waals surface area (Å²) < 4.78 is 5.13. The van der Waals surface area contributed by atoms with E-state index in [9.17, 15) is 4.79 Å². The van der Waals surface area contributed by atoms with Crippen molar-refractivity contribution in [1.29, 1.82) is 0 Å². The molecule has 0 aromatic carbocycles. The van der Waals surface area contributed by atoms with Crippen LogP contribution in [-0.4, -0.2) is 28.3 Å². The first-order valence-corrected chi connectivity index (χ1v) is 11.3. The first-order valence-electron chi connectivity index (χ1n) is 8.58. The molecule has 0 atom stereocenters. The topological polar surface area (TPSA) is 78.1 Å². The van der Waals surface area contributed by atoms with Crippen LogP contribution in [0.3, 0.4) is 0 Å². The standard InChI is InChI=1S/C18H21N3O2S3/c1-3-5-6-8-25-18-20-14(11-7-9-24-10-11)12-13(19)15(17(22)23-4-2)26-16(12)21-18/h7,9-10H,3-6,8,19H2,1-2H3. The second-order valence-electron chi connectivity index (χ2n) is 5.67. The Kier molecular flexibility index (Phi) is 6.50. The zero-order chi connectivity index (χ0) is 18.5. The highest BCUT2D eigenvalue weighted by Crippen LogP contribution is 2.40. The van der Waals surface area contributed by atoms with Gasteiger partial charge in [0, 0.05) is 16.7 Å². The van der Waals surface area contributed by atoms with Crippen LogP contribution in [0.5, 0.6) is 0 Å². The molecule has 0 aliphatic heterocycles. The van der Waals surface area contributed by atoms with E-state index in [-0.39, 0.29) is 0 Å². The largest absolute Gasteiger partial charge is 0.462 e. The number of nitrogens with zero attached hydrogens (tertiary/aromatic N) is 2. The molecule has 5 nitrogen and oxygen atoms in total. The van der Waals surface area contributed by atoms with Crippen LogP contribution in [0.15, 0.2) is 22.0 Å². The number of aromatic nitrogens is 2. The minimum Gasteiger partial charge on any atom is -0.462 e. The fraction of sp³-hybridized carbons (Fsp3) is 0.389. The van der Waals surface area contributed by atoms with Crippen LogP contribution in [0.1, 0.15) is 42.8 Å². The average Bonchev–Trinajstić information content (AvgIpc) is 3.27. The summed E-state index contributed by atoms with van der Waals surface area (Å²) in [7, 11) is 0. The lowest BCUT2D eigenvalue weighted by Gasteiger charge is -2.06. The average molecular weight is 408 g/mol. The fourth-order valence-corrected chi connectivity index (χ4v) is 5.07. The van der Waals surface area contributed by atoms with Crippen LogP contribution in [0.2, 0.25) is 0 Å². The van der Waals surface area contributed by atoms with Crippen molar-refractivity contribution < 1.29 is 9.53 Å². The number of rotatable bonds is 8. The number of thioether (sulfide) groups is 1. The molecule has 0 saturated heterocycles. The Bertz CT molecular complexity index is 891. The molecule has 138 valence electrons. The van der Waals surface area contributed by atoms with Gasteiger partial charge < -0.3 is 10.5 Å². The van der Waals surface area contributed by atoms with E-state index < -0.39 is 5.97 Å². The molecule has 0 bridgehead atoms. The molecule has 2 N–H and O–H groups in total. The number of ether oxygens (including phenoxy) is 1. The number of carbonyl (C=O) groups excluding carboxylic acids is 1. The summed E-state index contributed by atoms with van der Waals surface area (Å²) in [6.45, 7) is 4.28. The van der Waals surface area contributed by atoms with Gasteiger partial charge in [-0.1, -0.05) is 31.5 Å². The maximum absolute atomic E-state index is 12.2. The Balaban J connectivity index is 2.05. The lowest BCUT2D eigenvalue weighted by Crippen LogP contribution is -2.05. The van der Waals surface area contributed by atoms with E-state index in [1.54, 1.807) is 30.0 Å². The number of esters is 1. The lowest BCUT2D eigenvalue weighted by atomic mass is 10.1. The quantitative estimate of drug-likeness (QED) is 0.231. The number of nitrogens with two attached hydrogens (primary N) is 1. The van der Waals surface area contributed by atoms with Gasteiger partial charge in [0.25, 0.3) is 0 Å². The number of hydrogen-bond acceptors (Lipinski definition) is 8. The van der Waals surface area contributed by atoms with E-state index >= 15 is 0 Å². The number of nitrogen functional groups attached to an aromatic ring is 1. The summed E-state index contributed by atoms with van der Waals surface area (Å²) in [4.78, 5) is 22.8. The highest BCUT2D eigenvalue weighted by atomic mass is 32.2. The van der Waals surface area contributed by atoms with E-state index in [1.165, 1.54) is 24.2 Å². The monoisotopic (exact) mass is 407 g/mol. The molecule has 8 heteroatoms. The maximum Gasteiger partial charge on any atom is 0.350 e. The number of unbranched alkanes of at least 4 members (excludes halogenated alkanes) is 2. The molecule has 0 spiro atoms. The van der Waals surface area contributed by atoms with Crippen molar-refractivity contribution in [2.45, 2.75) is 38.3 Å². The highest BCUT2D eigenvalue weighted by Gasteiger charge is 2.23. The van der Waals surface area contributed by atoms with Crippen LogP contribution in [0.25, 0.3) is 21.5 Å². The van der Waals surface area contributed by atoms with Crippen molar-refractivity contribution in [2.75, 3.05) is 18.1 Å². The predicted octanol–water partition coefficient (Wildman–Crippen LogP) is 5.46. The van der Waals surface area contributed by atoms with Gasteiger partial charge in [0.05, 0.1) is 23.4 Å². The third-order valence-corrected chi connectivity index (χ3v) is 6.50. The summed E-state index contributed by atoms with van der Waals surface area (Å²) in [6, 6.07) is 2.01. The second-order valence-corrected chi connectivity index (χ2v) is 8.51. The molecule has 0 amide bonds.